The summed E-state index contributed by atoms with van der Waals surface area (Å²) >= 11 is 1.21. The molecule has 1 amide bonds. The molecule has 0 unspecified atom stereocenters. The lowest BCUT2D eigenvalue weighted by atomic mass is 10.2. The number of nitrogens with one attached hydrogen (secondary N) is 2. The number of nitrogens with zero attached hydrogens (tertiary/aromatic N) is 2. The maximum Gasteiger partial charge on any atom is 0.234 e. The van der Waals surface area contributed by atoms with Gasteiger partial charge in [0.1, 0.15) is 10.8 Å². The Morgan fingerprint density at radius 1 is 1.03 bits per heavy atom. The Balaban J connectivity index is 1.64. The van der Waals surface area contributed by atoms with Gasteiger partial charge in [-0.15, -0.1) is 0 Å². The second kappa shape index (κ2) is 11.2. The van der Waals surface area contributed by atoms with E-state index in [0.717, 1.165) is 0 Å². The van der Waals surface area contributed by atoms with Crippen LogP contribution in [0, 0.1) is 5.82 Å². The molecule has 2 aromatic carbocycles. The average Bonchev–Trinajstić information content (AvgIpc) is 2.82. The molecule has 2 N–H and O–H groups in total. The quantitative estimate of drug-likeness (QED) is 0.441. The van der Waals surface area contributed by atoms with Crippen molar-refractivity contribution < 1.29 is 23.4 Å². The first-order valence-corrected chi connectivity index (χ1v) is 10.5. The van der Waals surface area contributed by atoms with Gasteiger partial charge in [-0.25, -0.2) is 14.4 Å². The molecule has 8 nitrogen and oxygen atoms in total. The third-order valence-corrected chi connectivity index (χ3v) is 5.34. The Hall–Kier alpha value is -3.53. The van der Waals surface area contributed by atoms with E-state index in [4.69, 9.17) is 14.2 Å². The van der Waals surface area contributed by atoms with Gasteiger partial charge in [0.15, 0.2) is 17.3 Å². The predicted octanol–water partition coefficient (Wildman–Crippen LogP) is 3.98. The molecule has 0 spiro atoms. The normalized spacial score (nSPS) is 10.4. The summed E-state index contributed by atoms with van der Waals surface area (Å²) in [7, 11) is 4.51. The Labute approximate surface area is 189 Å². The lowest BCUT2D eigenvalue weighted by Gasteiger charge is -2.14. The van der Waals surface area contributed by atoms with Gasteiger partial charge < -0.3 is 24.8 Å². The maximum absolute atomic E-state index is 13.8. The van der Waals surface area contributed by atoms with Crippen molar-refractivity contribution in [2.45, 2.75) is 11.6 Å². The number of aromatic nitrogens is 2. The zero-order valence-corrected chi connectivity index (χ0v) is 18.7. The SMILES string of the molecule is COc1cc(NC(=O)CSc2nccnc2NCc2ccccc2F)cc(OC)c1OC. The summed E-state index contributed by atoms with van der Waals surface area (Å²) in [5, 5.41) is 6.41. The first-order valence-electron chi connectivity index (χ1n) is 9.56. The molecule has 0 atom stereocenters. The average molecular weight is 459 g/mol. The van der Waals surface area contributed by atoms with Gasteiger partial charge in [0, 0.05) is 42.3 Å². The van der Waals surface area contributed by atoms with Crippen LogP contribution in [-0.2, 0) is 11.3 Å². The molecule has 0 saturated carbocycles. The third kappa shape index (κ3) is 5.79. The summed E-state index contributed by atoms with van der Waals surface area (Å²) in [6.07, 6.45) is 3.07. The number of rotatable bonds is 10. The summed E-state index contributed by atoms with van der Waals surface area (Å²) in [5.74, 6) is 1.31. The lowest BCUT2D eigenvalue weighted by Crippen LogP contribution is -2.15. The zero-order chi connectivity index (χ0) is 22.9. The van der Waals surface area contributed by atoms with E-state index < -0.39 is 0 Å². The molecule has 10 heteroatoms. The number of methoxy groups -OCH3 is 3. The zero-order valence-electron chi connectivity index (χ0n) is 17.8. The number of ether oxygens (including phenoxy) is 3. The van der Waals surface area contributed by atoms with Crippen molar-refractivity contribution in [3.8, 4) is 17.2 Å². The minimum absolute atomic E-state index is 0.0870. The van der Waals surface area contributed by atoms with Gasteiger partial charge in [-0.3, -0.25) is 4.79 Å². The summed E-state index contributed by atoms with van der Waals surface area (Å²) in [6, 6.07) is 9.78. The van der Waals surface area contributed by atoms with Gasteiger partial charge in [-0.2, -0.15) is 0 Å². The van der Waals surface area contributed by atoms with Gasteiger partial charge >= 0.3 is 0 Å². The van der Waals surface area contributed by atoms with E-state index in [-0.39, 0.29) is 24.0 Å². The van der Waals surface area contributed by atoms with Crippen LogP contribution < -0.4 is 24.8 Å². The Bertz CT molecular complexity index is 1060. The second-order valence-electron chi connectivity index (χ2n) is 6.41. The number of hydrogen-bond donors (Lipinski definition) is 2. The minimum atomic E-state index is -0.303. The summed E-state index contributed by atoms with van der Waals surface area (Å²) in [5.41, 5.74) is 1.01. The number of halogens is 1. The van der Waals surface area contributed by atoms with Crippen LogP contribution in [-0.4, -0.2) is 43.0 Å². The van der Waals surface area contributed by atoms with Crippen LogP contribution in [0.1, 0.15) is 5.56 Å². The topological polar surface area (TPSA) is 94.6 Å². The molecule has 0 aliphatic rings. The van der Waals surface area contributed by atoms with Crippen LogP contribution in [0.3, 0.4) is 0 Å². The van der Waals surface area contributed by atoms with E-state index in [1.165, 1.54) is 51.6 Å². The molecule has 3 rings (SSSR count). The van der Waals surface area contributed by atoms with Crippen LogP contribution >= 0.6 is 11.8 Å². The third-order valence-electron chi connectivity index (χ3n) is 4.36. The van der Waals surface area contributed by atoms with E-state index in [1.807, 2.05) is 0 Å². The highest BCUT2D eigenvalue weighted by atomic mass is 32.2. The van der Waals surface area contributed by atoms with E-state index in [1.54, 1.807) is 30.3 Å². The van der Waals surface area contributed by atoms with Crippen LogP contribution in [0.4, 0.5) is 15.9 Å². The highest BCUT2D eigenvalue weighted by Crippen LogP contribution is 2.40. The summed E-state index contributed by atoms with van der Waals surface area (Å²) in [4.78, 5) is 21.0. The van der Waals surface area contributed by atoms with Crippen molar-refractivity contribution in [1.82, 2.24) is 9.97 Å². The van der Waals surface area contributed by atoms with E-state index in [9.17, 15) is 9.18 Å². The van der Waals surface area contributed by atoms with Crippen LogP contribution in [0.5, 0.6) is 17.2 Å². The predicted molar refractivity (Wildman–Crippen MR) is 121 cm³/mol. The Kier molecular flexibility index (Phi) is 8.09. The summed E-state index contributed by atoms with van der Waals surface area (Å²) in [6.45, 7) is 0.247. The first kappa shape index (κ1) is 23.1. The van der Waals surface area contributed by atoms with Crippen molar-refractivity contribution in [2.75, 3.05) is 37.7 Å². The highest BCUT2D eigenvalue weighted by Gasteiger charge is 2.15. The monoisotopic (exact) mass is 458 g/mol. The molecule has 168 valence electrons. The Morgan fingerprint density at radius 2 is 1.72 bits per heavy atom. The largest absolute Gasteiger partial charge is 0.493 e. The number of benzene rings is 2. The van der Waals surface area contributed by atoms with Gasteiger partial charge in [0.2, 0.25) is 11.7 Å². The van der Waals surface area contributed by atoms with Crippen LogP contribution in [0.25, 0.3) is 0 Å². The van der Waals surface area contributed by atoms with Crippen molar-refractivity contribution >= 4 is 29.2 Å². The van der Waals surface area contributed by atoms with Gasteiger partial charge in [0.05, 0.1) is 27.1 Å². The molecule has 1 heterocycles. The van der Waals surface area contributed by atoms with Gasteiger partial charge in [0.25, 0.3) is 0 Å². The Morgan fingerprint density at radius 3 is 2.38 bits per heavy atom. The molecule has 0 bridgehead atoms. The molecular weight excluding hydrogens is 435 g/mol. The second-order valence-corrected chi connectivity index (χ2v) is 7.37. The van der Waals surface area contributed by atoms with E-state index in [2.05, 4.69) is 20.6 Å². The van der Waals surface area contributed by atoms with Crippen LogP contribution in [0.2, 0.25) is 0 Å². The molecule has 0 saturated heterocycles. The number of amides is 1. The first-order chi connectivity index (χ1) is 15.5. The summed E-state index contributed by atoms with van der Waals surface area (Å²) < 4.78 is 29.7. The standard InChI is InChI=1S/C22H23FN4O4S/c1-29-17-10-15(11-18(30-2)20(17)31-3)27-19(28)13-32-22-21(24-8-9-25-22)26-12-14-6-4-5-7-16(14)23/h4-11H,12-13H2,1-3H3,(H,24,26)(H,27,28). The minimum Gasteiger partial charge on any atom is -0.493 e. The van der Waals surface area contributed by atoms with E-state index >= 15 is 0 Å². The number of thioether (sulfide) groups is 1. The lowest BCUT2D eigenvalue weighted by molar-refractivity contribution is -0.113. The fourth-order valence-electron chi connectivity index (χ4n) is 2.86. The van der Waals surface area contributed by atoms with Crippen molar-refractivity contribution in [2.24, 2.45) is 0 Å². The fraction of sp³-hybridized carbons (Fsp3) is 0.227. The maximum atomic E-state index is 13.8. The van der Waals surface area contributed by atoms with Crippen molar-refractivity contribution in [3.63, 3.8) is 0 Å². The molecule has 0 radical (unpaired) electrons. The molecule has 0 aliphatic carbocycles. The number of carbonyl (C=O) groups is 1. The molecule has 1 aromatic heterocycles. The smallest absolute Gasteiger partial charge is 0.234 e. The van der Waals surface area contributed by atoms with E-state index in [0.29, 0.717) is 39.3 Å². The number of hydrogen-bond acceptors (Lipinski definition) is 8. The molecule has 0 fully saturated rings. The highest BCUT2D eigenvalue weighted by molar-refractivity contribution is 8.00. The van der Waals surface area contributed by atoms with Crippen molar-refractivity contribution in [3.05, 3.63) is 60.2 Å². The van der Waals surface area contributed by atoms with Crippen LogP contribution in [0.15, 0.2) is 53.8 Å². The molecule has 32 heavy (non-hydrogen) atoms. The number of anilines is 2. The van der Waals surface area contributed by atoms with Gasteiger partial charge in [-0.1, -0.05) is 30.0 Å². The molecular formula is C22H23FN4O4S. The molecule has 0 aliphatic heterocycles. The fourth-order valence-corrected chi connectivity index (χ4v) is 3.59. The van der Waals surface area contributed by atoms with Gasteiger partial charge in [-0.05, 0) is 6.07 Å². The molecule has 3 aromatic rings. The number of carbonyl (C=O) groups excluding carboxylic acids is 1. The van der Waals surface area contributed by atoms with Crippen molar-refractivity contribution in [1.29, 1.82) is 0 Å².